The number of nitrogens with zero attached hydrogens (tertiary/aromatic N) is 1. The highest BCUT2D eigenvalue weighted by Gasteiger charge is 2.31. The molecule has 0 spiro atoms. The topological polar surface area (TPSA) is 74.5 Å². The number of ether oxygens (including phenoxy) is 2. The van der Waals surface area contributed by atoms with Gasteiger partial charge in [0, 0.05) is 6.07 Å². The third kappa shape index (κ3) is 6.12. The molecular weight excluding hydrogens is 444 g/mol. The Morgan fingerprint density at radius 1 is 1.12 bits per heavy atom. The molecule has 4 rings (SSSR count). The molecule has 0 radical (unpaired) electrons. The Balaban J connectivity index is 1.62. The first-order chi connectivity index (χ1) is 15.7. The van der Waals surface area contributed by atoms with Crippen LogP contribution in [-0.2, 0) is 6.42 Å². The van der Waals surface area contributed by atoms with Crippen molar-refractivity contribution in [2.24, 2.45) is 5.92 Å². The summed E-state index contributed by atoms with van der Waals surface area (Å²) in [5.74, 6) is -1.69. The zero-order valence-electron chi connectivity index (χ0n) is 17.1. The Morgan fingerprint density at radius 2 is 1.82 bits per heavy atom. The molecule has 1 aliphatic rings. The molecule has 3 aromatic rings. The molecule has 1 amide bonds. The van der Waals surface area contributed by atoms with Crippen LogP contribution < -0.4 is 19.5 Å². The van der Waals surface area contributed by atoms with E-state index in [1.807, 2.05) is 0 Å². The molecule has 10 heteroatoms. The standard InChI is InChI=1S/C23H18F4N2O4/c24-19-11-15(10-14-3-4-14)12-20(21(19)22(30)28-16-2-1-9-29(31)13-16)32-17-5-7-18(8-6-17)33-23(25,26)27/h1-2,5-9,11-14H,3-4,10H2,(H,28,30). The van der Waals surface area contributed by atoms with Crippen LogP contribution in [0.3, 0.4) is 0 Å². The van der Waals surface area contributed by atoms with Gasteiger partial charge >= 0.3 is 6.36 Å². The van der Waals surface area contributed by atoms with Gasteiger partial charge in [-0.1, -0.05) is 0 Å². The minimum absolute atomic E-state index is 0.0821. The number of carbonyl (C=O) groups excluding carboxylic acids is 1. The number of aromatic nitrogens is 1. The summed E-state index contributed by atoms with van der Waals surface area (Å²) in [5, 5.41) is 13.9. The van der Waals surface area contributed by atoms with Crippen LogP contribution in [0.2, 0.25) is 0 Å². The molecule has 1 heterocycles. The highest BCUT2D eigenvalue weighted by Crippen LogP contribution is 2.36. The molecule has 1 aromatic heterocycles. The van der Waals surface area contributed by atoms with Gasteiger partial charge in [-0.05, 0) is 73.2 Å². The summed E-state index contributed by atoms with van der Waals surface area (Å²) in [6.45, 7) is 0. The van der Waals surface area contributed by atoms with E-state index in [-0.39, 0.29) is 17.2 Å². The molecule has 172 valence electrons. The predicted molar refractivity (Wildman–Crippen MR) is 109 cm³/mol. The third-order valence-electron chi connectivity index (χ3n) is 4.88. The van der Waals surface area contributed by atoms with E-state index < -0.39 is 29.4 Å². The number of carbonyl (C=O) groups is 1. The van der Waals surface area contributed by atoms with E-state index in [1.165, 1.54) is 42.6 Å². The highest BCUT2D eigenvalue weighted by atomic mass is 19.4. The van der Waals surface area contributed by atoms with Gasteiger partial charge in [-0.15, -0.1) is 13.2 Å². The SMILES string of the molecule is O=C(Nc1ccc[n+]([O-])c1)c1c(F)cc(CC2CC2)cc1Oc1ccc(OC(F)(F)F)cc1. The Morgan fingerprint density at radius 3 is 2.45 bits per heavy atom. The number of halogens is 4. The number of hydrogen-bond acceptors (Lipinski definition) is 4. The average molecular weight is 462 g/mol. The van der Waals surface area contributed by atoms with Gasteiger partial charge in [-0.25, -0.2) is 4.39 Å². The molecule has 1 fully saturated rings. The van der Waals surface area contributed by atoms with Crippen LogP contribution in [0, 0.1) is 16.9 Å². The summed E-state index contributed by atoms with van der Waals surface area (Å²) < 4.78 is 62.1. The molecule has 2 aromatic carbocycles. The molecule has 0 unspecified atom stereocenters. The lowest BCUT2D eigenvalue weighted by Gasteiger charge is -2.15. The highest BCUT2D eigenvalue weighted by molar-refractivity contribution is 6.06. The first-order valence-electron chi connectivity index (χ1n) is 10.0. The number of alkyl halides is 3. The number of rotatable bonds is 7. The van der Waals surface area contributed by atoms with E-state index in [2.05, 4.69) is 10.1 Å². The van der Waals surface area contributed by atoms with Crippen molar-refractivity contribution >= 4 is 11.6 Å². The van der Waals surface area contributed by atoms with Crippen molar-refractivity contribution in [3.8, 4) is 17.2 Å². The lowest BCUT2D eigenvalue weighted by molar-refractivity contribution is -0.604. The second-order valence-electron chi connectivity index (χ2n) is 7.63. The molecule has 0 saturated heterocycles. The van der Waals surface area contributed by atoms with Crippen molar-refractivity contribution in [3.05, 3.63) is 83.1 Å². The Bertz CT molecular complexity index is 1160. The van der Waals surface area contributed by atoms with Crippen LogP contribution in [0.25, 0.3) is 0 Å². The van der Waals surface area contributed by atoms with Crippen LogP contribution in [-0.4, -0.2) is 12.3 Å². The molecule has 1 aliphatic carbocycles. The molecule has 0 bridgehead atoms. The largest absolute Gasteiger partial charge is 0.619 e. The number of nitrogens with one attached hydrogen (secondary N) is 1. The number of anilines is 1. The number of benzene rings is 2. The summed E-state index contributed by atoms with van der Waals surface area (Å²) in [4.78, 5) is 12.8. The van der Waals surface area contributed by atoms with Crippen molar-refractivity contribution in [2.45, 2.75) is 25.6 Å². The summed E-state index contributed by atoms with van der Waals surface area (Å²) in [5.41, 5.74) is 0.390. The molecule has 0 aliphatic heterocycles. The van der Waals surface area contributed by atoms with Crippen LogP contribution in [0.15, 0.2) is 60.9 Å². The average Bonchev–Trinajstić information content (AvgIpc) is 3.52. The van der Waals surface area contributed by atoms with Crippen molar-refractivity contribution in [1.29, 1.82) is 0 Å². The van der Waals surface area contributed by atoms with E-state index in [1.54, 1.807) is 0 Å². The quantitative estimate of drug-likeness (QED) is 0.292. The fraction of sp³-hybridized carbons (Fsp3) is 0.217. The third-order valence-corrected chi connectivity index (χ3v) is 4.88. The zero-order chi connectivity index (χ0) is 23.6. The monoisotopic (exact) mass is 462 g/mol. The van der Waals surface area contributed by atoms with Crippen LogP contribution >= 0.6 is 0 Å². The maximum atomic E-state index is 15.0. The molecule has 1 N–H and O–H groups in total. The van der Waals surface area contributed by atoms with Crippen LogP contribution in [0.4, 0.5) is 23.2 Å². The van der Waals surface area contributed by atoms with Gasteiger partial charge < -0.3 is 20.0 Å². The zero-order valence-corrected chi connectivity index (χ0v) is 17.1. The first-order valence-corrected chi connectivity index (χ1v) is 10.0. The Hall–Kier alpha value is -3.82. The molecule has 6 nitrogen and oxygen atoms in total. The number of pyridine rings is 1. The van der Waals surface area contributed by atoms with Crippen molar-refractivity contribution in [2.75, 3.05) is 5.32 Å². The van der Waals surface area contributed by atoms with E-state index in [0.29, 0.717) is 22.6 Å². The predicted octanol–water partition coefficient (Wildman–Crippen LogP) is 5.35. The maximum absolute atomic E-state index is 15.0. The summed E-state index contributed by atoms with van der Waals surface area (Å²) in [7, 11) is 0. The summed E-state index contributed by atoms with van der Waals surface area (Å²) in [6.07, 6.45) is 0.171. The summed E-state index contributed by atoms with van der Waals surface area (Å²) >= 11 is 0. The molecule has 1 saturated carbocycles. The molecular formula is C23H18F4N2O4. The number of hydrogen-bond donors (Lipinski definition) is 1. The van der Waals surface area contributed by atoms with Crippen molar-refractivity contribution in [3.63, 3.8) is 0 Å². The minimum atomic E-state index is -4.84. The van der Waals surface area contributed by atoms with Crippen molar-refractivity contribution in [1.82, 2.24) is 0 Å². The maximum Gasteiger partial charge on any atom is 0.573 e. The van der Waals surface area contributed by atoms with Crippen LogP contribution in [0.1, 0.15) is 28.8 Å². The fourth-order valence-corrected chi connectivity index (χ4v) is 3.27. The van der Waals surface area contributed by atoms with Gasteiger partial charge in [-0.2, -0.15) is 4.73 Å². The summed E-state index contributed by atoms with van der Waals surface area (Å²) in [6, 6.07) is 10.2. The number of amides is 1. The van der Waals surface area contributed by atoms with E-state index in [0.717, 1.165) is 31.2 Å². The lowest BCUT2D eigenvalue weighted by Crippen LogP contribution is -2.26. The van der Waals surface area contributed by atoms with Gasteiger partial charge in [0.05, 0.1) is 0 Å². The Kier molecular flexibility index (Phi) is 6.08. The van der Waals surface area contributed by atoms with E-state index >= 15 is 4.39 Å². The van der Waals surface area contributed by atoms with Gasteiger partial charge in [0.2, 0.25) is 6.20 Å². The van der Waals surface area contributed by atoms with Gasteiger partial charge in [0.25, 0.3) is 5.91 Å². The van der Waals surface area contributed by atoms with Crippen molar-refractivity contribution < 1.29 is 36.6 Å². The van der Waals surface area contributed by atoms with E-state index in [9.17, 15) is 23.2 Å². The second kappa shape index (κ2) is 8.97. The van der Waals surface area contributed by atoms with E-state index in [4.69, 9.17) is 4.74 Å². The molecule has 0 atom stereocenters. The minimum Gasteiger partial charge on any atom is -0.619 e. The van der Waals surface area contributed by atoms with Gasteiger partial charge in [-0.3, -0.25) is 4.79 Å². The first kappa shape index (κ1) is 22.4. The lowest BCUT2D eigenvalue weighted by atomic mass is 10.0. The smallest absolute Gasteiger partial charge is 0.573 e. The second-order valence-corrected chi connectivity index (χ2v) is 7.63. The fourth-order valence-electron chi connectivity index (χ4n) is 3.27. The Labute approximate surface area is 186 Å². The van der Waals surface area contributed by atoms with Gasteiger partial charge in [0.1, 0.15) is 34.3 Å². The normalized spacial score (nSPS) is 13.5. The van der Waals surface area contributed by atoms with Crippen LogP contribution in [0.5, 0.6) is 17.2 Å². The van der Waals surface area contributed by atoms with Gasteiger partial charge in [0.15, 0.2) is 6.20 Å². The molecule has 33 heavy (non-hydrogen) atoms.